The smallest absolute Gasteiger partial charge is 0.412 e. The number of urea groups is 1. The van der Waals surface area contributed by atoms with Gasteiger partial charge in [0.2, 0.25) is 0 Å². The van der Waals surface area contributed by atoms with Gasteiger partial charge in [0.05, 0.1) is 24.6 Å². The van der Waals surface area contributed by atoms with Gasteiger partial charge in [-0.15, -0.1) is 11.3 Å². The molecule has 3 aromatic rings. The molecule has 1 aliphatic rings. The number of amides is 4. The summed E-state index contributed by atoms with van der Waals surface area (Å²) in [6.45, 7) is 11.3. The topological polar surface area (TPSA) is 125 Å². The first kappa shape index (κ1) is 33.9. The van der Waals surface area contributed by atoms with E-state index in [1.807, 2.05) is 24.3 Å². The number of aromatic nitrogens is 1. The Labute approximate surface area is 269 Å². The largest absolute Gasteiger partial charge is 0.444 e. The zero-order valence-corrected chi connectivity index (χ0v) is 27.2. The van der Waals surface area contributed by atoms with Crippen molar-refractivity contribution in [3.05, 3.63) is 76.2 Å². The minimum Gasteiger partial charge on any atom is -0.444 e. The number of morpholine rings is 1. The van der Waals surface area contributed by atoms with Crippen molar-refractivity contribution >= 4 is 40.7 Å². The summed E-state index contributed by atoms with van der Waals surface area (Å²) in [6, 6.07) is 13.4. The van der Waals surface area contributed by atoms with E-state index in [4.69, 9.17) is 9.47 Å². The number of carbonyl (C=O) groups is 3. The molecular weight excluding hydrogens is 592 g/mol. The first-order valence-electron chi connectivity index (χ1n) is 15.4. The van der Waals surface area contributed by atoms with Crippen LogP contribution in [0, 0.1) is 0 Å². The third-order valence-electron chi connectivity index (χ3n) is 7.05. The van der Waals surface area contributed by atoms with Gasteiger partial charge >= 0.3 is 12.1 Å². The number of unbranched alkanes of at least 4 members (excludes halogenated alkanes) is 1. The van der Waals surface area contributed by atoms with Gasteiger partial charge in [-0.2, -0.15) is 0 Å². The highest BCUT2D eigenvalue weighted by Crippen LogP contribution is 2.27. The van der Waals surface area contributed by atoms with E-state index < -0.39 is 17.6 Å². The highest BCUT2D eigenvalue weighted by Gasteiger charge is 2.19. The highest BCUT2D eigenvalue weighted by molar-refractivity contribution is 7.09. The molecule has 3 N–H and O–H groups in total. The number of pyridine rings is 1. The van der Waals surface area contributed by atoms with E-state index in [9.17, 15) is 14.4 Å². The van der Waals surface area contributed by atoms with Gasteiger partial charge in [0, 0.05) is 49.7 Å². The fourth-order valence-corrected chi connectivity index (χ4v) is 5.46. The summed E-state index contributed by atoms with van der Waals surface area (Å²) in [4.78, 5) is 47.0. The number of carbonyl (C=O) groups excluding carboxylic acids is 3. The second-order valence-corrected chi connectivity index (χ2v) is 12.6. The van der Waals surface area contributed by atoms with Gasteiger partial charge in [-0.25, -0.2) is 9.59 Å². The molecule has 1 aliphatic heterocycles. The van der Waals surface area contributed by atoms with Crippen molar-refractivity contribution in [1.29, 1.82) is 0 Å². The minimum absolute atomic E-state index is 0.124. The summed E-state index contributed by atoms with van der Waals surface area (Å²) in [5.74, 6) is -0.411. The monoisotopic (exact) mass is 636 g/mol. The first-order chi connectivity index (χ1) is 21.7. The molecule has 0 unspecified atom stereocenters. The zero-order chi connectivity index (χ0) is 32.1. The Kier molecular flexibility index (Phi) is 12.7. The Morgan fingerprint density at radius 3 is 2.40 bits per heavy atom. The number of nitrogens with one attached hydrogen (secondary N) is 3. The van der Waals surface area contributed by atoms with Crippen molar-refractivity contribution in [2.24, 2.45) is 0 Å². The molecule has 0 saturated carbocycles. The van der Waals surface area contributed by atoms with Gasteiger partial charge in [-0.05, 0) is 63.8 Å². The number of rotatable bonds is 13. The van der Waals surface area contributed by atoms with Crippen LogP contribution < -0.4 is 16.0 Å². The summed E-state index contributed by atoms with van der Waals surface area (Å²) in [6.07, 6.45) is 3.63. The Hall–Kier alpha value is -4.00. The van der Waals surface area contributed by atoms with Crippen LogP contribution in [0.3, 0.4) is 0 Å². The molecule has 4 rings (SSSR count). The van der Waals surface area contributed by atoms with Crippen LogP contribution in [0.4, 0.5) is 21.0 Å². The third kappa shape index (κ3) is 11.8. The van der Waals surface area contributed by atoms with E-state index in [1.165, 1.54) is 16.9 Å². The van der Waals surface area contributed by atoms with E-state index in [2.05, 4.69) is 38.0 Å². The maximum absolute atomic E-state index is 13.2. The maximum Gasteiger partial charge on any atom is 0.412 e. The summed E-state index contributed by atoms with van der Waals surface area (Å²) < 4.78 is 10.7. The van der Waals surface area contributed by atoms with Crippen LogP contribution in [-0.2, 0) is 22.4 Å². The molecule has 242 valence electrons. The third-order valence-corrected chi connectivity index (χ3v) is 7.80. The van der Waals surface area contributed by atoms with Gasteiger partial charge in [-0.3, -0.25) is 20.0 Å². The van der Waals surface area contributed by atoms with Crippen LogP contribution in [0.15, 0.2) is 59.4 Å². The SMILES string of the molecule is CC(C)(C)OC(=O)Nc1cscc1NC(=O)c1ccc(CN(CCCCN2CCOCC2)C(=O)NCCc2ccccc2)cn1. The predicted octanol–water partition coefficient (Wildman–Crippen LogP) is 5.61. The lowest BCUT2D eigenvalue weighted by Crippen LogP contribution is -2.41. The van der Waals surface area contributed by atoms with Gasteiger partial charge in [0.15, 0.2) is 0 Å². The van der Waals surface area contributed by atoms with Crippen LogP contribution in [-0.4, -0.2) is 84.4 Å². The number of hydrogen-bond donors (Lipinski definition) is 3. The van der Waals surface area contributed by atoms with E-state index >= 15 is 0 Å². The molecule has 0 aliphatic carbocycles. The molecule has 1 aromatic carbocycles. The predicted molar refractivity (Wildman–Crippen MR) is 177 cm³/mol. The van der Waals surface area contributed by atoms with Crippen molar-refractivity contribution in [2.45, 2.75) is 52.2 Å². The standard InChI is InChI=1S/C33H44N6O5S/c1-33(2,3)44-32(42)37-29-24-45-23-28(29)36-30(40)27-12-11-26(21-35-27)22-39(16-8-7-15-38-17-19-43-20-18-38)31(41)34-14-13-25-9-5-4-6-10-25/h4-6,9-12,21,23-24H,7-8,13-20,22H2,1-3H3,(H,34,41)(H,36,40)(H,37,42). The van der Waals surface area contributed by atoms with Crippen molar-refractivity contribution < 1.29 is 23.9 Å². The molecule has 1 fully saturated rings. The van der Waals surface area contributed by atoms with Crippen molar-refractivity contribution in [2.75, 3.05) is 56.6 Å². The molecule has 3 heterocycles. The van der Waals surface area contributed by atoms with Crippen LogP contribution in [0.1, 0.15) is 55.2 Å². The maximum atomic E-state index is 13.2. The van der Waals surface area contributed by atoms with Crippen molar-refractivity contribution in [3.63, 3.8) is 0 Å². The van der Waals surface area contributed by atoms with Crippen molar-refractivity contribution in [3.8, 4) is 0 Å². The number of benzene rings is 1. The highest BCUT2D eigenvalue weighted by atomic mass is 32.1. The van der Waals surface area contributed by atoms with E-state index in [1.54, 1.807) is 48.7 Å². The molecular formula is C33H44N6O5S. The quantitative estimate of drug-likeness (QED) is 0.208. The molecule has 45 heavy (non-hydrogen) atoms. The molecule has 1 saturated heterocycles. The van der Waals surface area contributed by atoms with Gasteiger partial charge in [0.1, 0.15) is 11.3 Å². The van der Waals surface area contributed by atoms with E-state index in [-0.39, 0.29) is 11.7 Å². The Balaban J connectivity index is 1.32. The molecule has 0 atom stereocenters. The first-order valence-corrected chi connectivity index (χ1v) is 16.3. The van der Waals surface area contributed by atoms with E-state index in [0.29, 0.717) is 31.0 Å². The van der Waals surface area contributed by atoms with Crippen LogP contribution in [0.5, 0.6) is 0 Å². The molecule has 4 amide bonds. The number of anilines is 2. The number of ether oxygens (including phenoxy) is 2. The second kappa shape index (κ2) is 16.9. The lowest BCUT2D eigenvalue weighted by Gasteiger charge is -2.27. The Bertz CT molecular complexity index is 1370. The van der Waals surface area contributed by atoms with E-state index in [0.717, 1.165) is 57.7 Å². The second-order valence-electron chi connectivity index (χ2n) is 11.9. The number of thiophene rings is 1. The average Bonchev–Trinajstić information content (AvgIpc) is 3.44. The molecule has 0 spiro atoms. The van der Waals surface area contributed by atoms with Crippen molar-refractivity contribution in [1.82, 2.24) is 20.1 Å². The Morgan fingerprint density at radius 2 is 1.71 bits per heavy atom. The molecule has 2 aromatic heterocycles. The average molecular weight is 637 g/mol. The molecule has 12 heteroatoms. The van der Waals surface area contributed by atoms with Crippen LogP contribution in [0.25, 0.3) is 0 Å². The van der Waals surface area contributed by atoms with Crippen LogP contribution in [0.2, 0.25) is 0 Å². The Morgan fingerprint density at radius 1 is 0.978 bits per heavy atom. The summed E-state index contributed by atoms with van der Waals surface area (Å²) in [7, 11) is 0. The molecule has 11 nitrogen and oxygen atoms in total. The van der Waals surface area contributed by atoms with Crippen LogP contribution >= 0.6 is 11.3 Å². The number of hydrogen-bond acceptors (Lipinski definition) is 8. The summed E-state index contributed by atoms with van der Waals surface area (Å²) in [5.41, 5.74) is 2.47. The normalized spacial score (nSPS) is 13.6. The summed E-state index contributed by atoms with van der Waals surface area (Å²) in [5, 5.41) is 12.0. The minimum atomic E-state index is -0.642. The molecule has 0 bridgehead atoms. The van der Waals surface area contributed by atoms with Gasteiger partial charge in [0.25, 0.3) is 5.91 Å². The lowest BCUT2D eigenvalue weighted by molar-refractivity contribution is 0.0369. The zero-order valence-electron chi connectivity index (χ0n) is 26.3. The summed E-state index contributed by atoms with van der Waals surface area (Å²) >= 11 is 1.34. The number of nitrogens with zero attached hydrogens (tertiary/aromatic N) is 3. The van der Waals surface area contributed by atoms with Gasteiger partial charge < -0.3 is 25.0 Å². The fourth-order valence-electron chi connectivity index (χ4n) is 4.75. The molecule has 0 radical (unpaired) electrons. The van der Waals surface area contributed by atoms with Gasteiger partial charge in [-0.1, -0.05) is 36.4 Å². The lowest BCUT2D eigenvalue weighted by atomic mass is 10.1. The fraction of sp³-hybridized carbons (Fsp3) is 0.455.